The van der Waals surface area contributed by atoms with Gasteiger partial charge in [-0.1, -0.05) is 12.1 Å². The molecule has 1 saturated heterocycles. The van der Waals surface area contributed by atoms with Crippen molar-refractivity contribution in [1.82, 2.24) is 0 Å². The van der Waals surface area contributed by atoms with Crippen LogP contribution in [0.25, 0.3) is 0 Å². The summed E-state index contributed by atoms with van der Waals surface area (Å²) in [7, 11) is -2.85. The van der Waals surface area contributed by atoms with Crippen molar-refractivity contribution in [2.75, 3.05) is 29.5 Å². The number of hydrogen-bond donors (Lipinski definition) is 1. The van der Waals surface area contributed by atoms with Gasteiger partial charge in [0.2, 0.25) is 0 Å². The van der Waals surface area contributed by atoms with E-state index in [1.54, 1.807) is 0 Å². The van der Waals surface area contributed by atoms with E-state index >= 15 is 0 Å². The average molecular weight is 268 g/mol. The number of nitrogens with zero attached hydrogens (tertiary/aromatic N) is 1. The van der Waals surface area contributed by atoms with Crippen LogP contribution >= 0.6 is 0 Å². The highest BCUT2D eigenvalue weighted by atomic mass is 32.2. The molecule has 1 aliphatic heterocycles. The molecule has 1 heterocycles. The van der Waals surface area contributed by atoms with E-state index in [0.717, 1.165) is 23.4 Å². The molecule has 0 bridgehead atoms. The summed E-state index contributed by atoms with van der Waals surface area (Å²) in [5.74, 6) is 0.564. The third-order valence-corrected chi connectivity index (χ3v) is 5.11. The smallest absolute Gasteiger partial charge is 0.152 e. The highest BCUT2D eigenvalue weighted by Crippen LogP contribution is 2.23. The molecule has 4 nitrogen and oxygen atoms in total. The number of sulfone groups is 1. The van der Waals surface area contributed by atoms with Gasteiger partial charge in [0.25, 0.3) is 0 Å². The van der Waals surface area contributed by atoms with Crippen molar-refractivity contribution < 1.29 is 8.42 Å². The van der Waals surface area contributed by atoms with Gasteiger partial charge < -0.3 is 10.6 Å². The fourth-order valence-electron chi connectivity index (χ4n) is 2.38. The van der Waals surface area contributed by atoms with Gasteiger partial charge in [0, 0.05) is 25.3 Å². The summed E-state index contributed by atoms with van der Waals surface area (Å²) in [4.78, 5) is 2.17. The predicted molar refractivity (Wildman–Crippen MR) is 74.6 cm³/mol. The van der Waals surface area contributed by atoms with E-state index in [1.165, 1.54) is 0 Å². The first-order chi connectivity index (χ1) is 8.52. The molecule has 5 heteroatoms. The standard InChI is InChI=1S/C13H20N2O2S/c1-11-9-12(10-14)3-4-13(11)15-5-2-7-18(16,17)8-6-15/h3-4,9H,2,5-8,10,14H2,1H3. The first kappa shape index (κ1) is 13.4. The van der Waals surface area contributed by atoms with Gasteiger partial charge in [-0.15, -0.1) is 0 Å². The van der Waals surface area contributed by atoms with Crippen LogP contribution in [0.4, 0.5) is 5.69 Å². The second-order valence-corrected chi connectivity index (χ2v) is 7.12. The Kier molecular flexibility index (Phi) is 3.92. The Hall–Kier alpha value is -1.07. The van der Waals surface area contributed by atoms with E-state index in [4.69, 9.17) is 5.73 Å². The minimum Gasteiger partial charge on any atom is -0.370 e. The Morgan fingerprint density at radius 1 is 1.28 bits per heavy atom. The lowest BCUT2D eigenvalue weighted by atomic mass is 10.1. The summed E-state index contributed by atoms with van der Waals surface area (Å²) in [5, 5.41) is 0. The number of benzene rings is 1. The number of rotatable bonds is 2. The zero-order valence-corrected chi connectivity index (χ0v) is 11.5. The lowest BCUT2D eigenvalue weighted by Crippen LogP contribution is -2.27. The molecular weight excluding hydrogens is 248 g/mol. The van der Waals surface area contributed by atoms with Crippen molar-refractivity contribution in [3.63, 3.8) is 0 Å². The average Bonchev–Trinajstić information content (AvgIpc) is 2.50. The summed E-state index contributed by atoms with van der Waals surface area (Å²) in [6.45, 7) is 3.98. The topological polar surface area (TPSA) is 63.4 Å². The molecule has 1 aromatic rings. The molecule has 0 aromatic heterocycles. The maximum atomic E-state index is 11.6. The van der Waals surface area contributed by atoms with Crippen LogP contribution in [0.1, 0.15) is 17.5 Å². The quantitative estimate of drug-likeness (QED) is 0.872. The van der Waals surface area contributed by atoms with Crippen molar-refractivity contribution in [3.05, 3.63) is 29.3 Å². The molecule has 0 spiro atoms. The molecule has 2 N–H and O–H groups in total. The van der Waals surface area contributed by atoms with Crippen LogP contribution in [-0.2, 0) is 16.4 Å². The first-order valence-corrected chi connectivity index (χ1v) is 8.09. The molecular formula is C13H20N2O2S. The Morgan fingerprint density at radius 3 is 2.72 bits per heavy atom. The van der Waals surface area contributed by atoms with Gasteiger partial charge in [-0.3, -0.25) is 0 Å². The molecule has 0 saturated carbocycles. The van der Waals surface area contributed by atoms with Crippen molar-refractivity contribution in [2.24, 2.45) is 5.73 Å². The van der Waals surface area contributed by atoms with Gasteiger partial charge in [0.1, 0.15) is 0 Å². The van der Waals surface area contributed by atoms with E-state index in [0.29, 0.717) is 25.3 Å². The van der Waals surface area contributed by atoms with Crippen molar-refractivity contribution >= 4 is 15.5 Å². The molecule has 0 radical (unpaired) electrons. The van der Waals surface area contributed by atoms with E-state index in [2.05, 4.69) is 17.0 Å². The maximum absolute atomic E-state index is 11.6. The molecule has 1 aromatic carbocycles. The van der Waals surface area contributed by atoms with Gasteiger partial charge in [-0.2, -0.15) is 0 Å². The number of anilines is 1. The fourth-order valence-corrected chi connectivity index (χ4v) is 3.65. The van der Waals surface area contributed by atoms with Crippen LogP contribution < -0.4 is 10.6 Å². The van der Waals surface area contributed by atoms with Crippen molar-refractivity contribution in [3.8, 4) is 0 Å². The summed E-state index contributed by atoms with van der Waals surface area (Å²) in [5.41, 5.74) is 9.02. The molecule has 100 valence electrons. The van der Waals surface area contributed by atoms with Crippen molar-refractivity contribution in [1.29, 1.82) is 0 Å². The number of aryl methyl sites for hydroxylation is 1. The lowest BCUT2D eigenvalue weighted by Gasteiger charge is -2.24. The van der Waals surface area contributed by atoms with E-state index in [-0.39, 0.29) is 5.75 Å². The largest absolute Gasteiger partial charge is 0.370 e. The molecule has 0 atom stereocenters. The monoisotopic (exact) mass is 268 g/mol. The minimum atomic E-state index is -2.85. The van der Waals surface area contributed by atoms with Crippen LogP contribution in [-0.4, -0.2) is 33.0 Å². The molecule has 18 heavy (non-hydrogen) atoms. The third kappa shape index (κ3) is 3.03. The summed E-state index contributed by atoms with van der Waals surface area (Å²) < 4.78 is 23.2. The highest BCUT2D eigenvalue weighted by Gasteiger charge is 2.20. The second-order valence-electron chi connectivity index (χ2n) is 4.82. The summed E-state index contributed by atoms with van der Waals surface area (Å²) in [6.07, 6.45) is 0.709. The van der Waals surface area contributed by atoms with Gasteiger partial charge in [0.15, 0.2) is 9.84 Å². The molecule has 0 amide bonds. The van der Waals surface area contributed by atoms with Crippen LogP contribution in [0.15, 0.2) is 18.2 Å². The zero-order chi connectivity index (χ0) is 13.2. The number of nitrogens with two attached hydrogens (primary N) is 1. The number of hydrogen-bond acceptors (Lipinski definition) is 4. The van der Waals surface area contributed by atoms with Crippen LogP contribution in [0.5, 0.6) is 0 Å². The van der Waals surface area contributed by atoms with Gasteiger partial charge >= 0.3 is 0 Å². The Bertz CT molecular complexity index is 526. The molecule has 1 aliphatic rings. The Morgan fingerprint density at radius 2 is 2.06 bits per heavy atom. The maximum Gasteiger partial charge on any atom is 0.152 e. The summed E-state index contributed by atoms with van der Waals surface area (Å²) in [6, 6.07) is 6.14. The Labute approximate surface area is 109 Å². The summed E-state index contributed by atoms with van der Waals surface area (Å²) >= 11 is 0. The van der Waals surface area contributed by atoms with E-state index in [1.807, 2.05) is 13.0 Å². The van der Waals surface area contributed by atoms with E-state index < -0.39 is 9.84 Å². The lowest BCUT2D eigenvalue weighted by molar-refractivity contribution is 0.597. The van der Waals surface area contributed by atoms with Crippen molar-refractivity contribution in [2.45, 2.75) is 19.9 Å². The van der Waals surface area contributed by atoms with Gasteiger partial charge in [0.05, 0.1) is 11.5 Å². The fraction of sp³-hybridized carbons (Fsp3) is 0.538. The molecule has 0 unspecified atom stereocenters. The highest BCUT2D eigenvalue weighted by molar-refractivity contribution is 7.91. The molecule has 2 rings (SSSR count). The SMILES string of the molecule is Cc1cc(CN)ccc1N1CCCS(=O)(=O)CC1. The Balaban J connectivity index is 2.21. The van der Waals surface area contributed by atoms with Gasteiger partial charge in [-0.25, -0.2) is 8.42 Å². The zero-order valence-electron chi connectivity index (χ0n) is 10.7. The van der Waals surface area contributed by atoms with Gasteiger partial charge in [-0.05, 0) is 30.5 Å². The predicted octanol–water partition coefficient (Wildman–Crippen LogP) is 1.08. The molecule has 0 aliphatic carbocycles. The van der Waals surface area contributed by atoms with Crippen LogP contribution in [0.3, 0.4) is 0 Å². The van der Waals surface area contributed by atoms with Crippen LogP contribution in [0.2, 0.25) is 0 Å². The minimum absolute atomic E-state index is 0.255. The first-order valence-electron chi connectivity index (χ1n) is 6.27. The third-order valence-electron chi connectivity index (χ3n) is 3.39. The van der Waals surface area contributed by atoms with Crippen LogP contribution in [0, 0.1) is 6.92 Å². The second kappa shape index (κ2) is 5.28. The molecule has 1 fully saturated rings. The van der Waals surface area contributed by atoms with E-state index in [9.17, 15) is 8.42 Å². The normalized spacial score (nSPS) is 19.6.